The van der Waals surface area contributed by atoms with Crippen LogP contribution >= 0.6 is 0 Å². The second-order valence-corrected chi connectivity index (χ2v) is 5.72. The predicted molar refractivity (Wildman–Crippen MR) is 67.1 cm³/mol. The molecule has 0 aliphatic carbocycles. The van der Waals surface area contributed by atoms with E-state index in [9.17, 15) is 18.0 Å². The molecular formula is C13H18F3N3O. The summed E-state index contributed by atoms with van der Waals surface area (Å²) in [4.78, 5) is 13.8. The predicted octanol–water partition coefficient (Wildman–Crippen LogP) is 2.56. The smallest absolute Gasteiger partial charge is 0.338 e. The monoisotopic (exact) mass is 289 g/mol. The number of piperidine rings is 1. The van der Waals surface area contributed by atoms with Gasteiger partial charge in [0, 0.05) is 26.3 Å². The first-order chi connectivity index (χ1) is 9.18. The maximum absolute atomic E-state index is 12.9. The van der Waals surface area contributed by atoms with Gasteiger partial charge in [-0.15, -0.1) is 0 Å². The highest BCUT2D eigenvalue weighted by Gasteiger charge is 2.40. The first kappa shape index (κ1) is 14.9. The summed E-state index contributed by atoms with van der Waals surface area (Å²) >= 11 is 0. The summed E-state index contributed by atoms with van der Waals surface area (Å²) in [5.74, 6) is 0.0197. The number of carbonyl (C=O) groups is 1. The first-order valence-corrected chi connectivity index (χ1v) is 6.58. The van der Waals surface area contributed by atoms with Crippen LogP contribution in [0.3, 0.4) is 0 Å². The van der Waals surface area contributed by atoms with E-state index in [1.54, 1.807) is 0 Å². The summed E-state index contributed by atoms with van der Waals surface area (Å²) in [5.41, 5.74) is -1.46. The molecule has 0 saturated carbocycles. The van der Waals surface area contributed by atoms with Crippen LogP contribution in [0.25, 0.3) is 0 Å². The third-order valence-electron chi connectivity index (χ3n) is 3.48. The summed E-state index contributed by atoms with van der Waals surface area (Å²) < 4.78 is 39.7. The molecule has 1 fully saturated rings. The average Bonchev–Trinajstić information content (AvgIpc) is 2.69. The lowest BCUT2D eigenvalue weighted by Crippen LogP contribution is -2.43. The summed E-state index contributed by atoms with van der Waals surface area (Å²) in [6.07, 6.45) is -2.47. The minimum absolute atomic E-state index is 0.300. The number of hydrogen-bond acceptors (Lipinski definition) is 2. The van der Waals surface area contributed by atoms with E-state index in [1.807, 2.05) is 13.8 Å². The van der Waals surface area contributed by atoms with Crippen LogP contribution in [0, 0.1) is 11.8 Å². The van der Waals surface area contributed by atoms with Crippen molar-refractivity contribution in [3.63, 3.8) is 0 Å². The van der Waals surface area contributed by atoms with Crippen LogP contribution < -0.4 is 0 Å². The highest BCUT2D eigenvalue weighted by Crippen LogP contribution is 2.32. The molecule has 20 heavy (non-hydrogen) atoms. The zero-order chi connectivity index (χ0) is 15.1. The molecule has 1 amide bonds. The van der Waals surface area contributed by atoms with Gasteiger partial charge in [-0.05, 0) is 18.3 Å². The third-order valence-corrected chi connectivity index (χ3v) is 3.48. The fourth-order valence-corrected chi connectivity index (χ4v) is 2.85. The van der Waals surface area contributed by atoms with Crippen LogP contribution in [0.1, 0.15) is 36.3 Å². The van der Waals surface area contributed by atoms with E-state index in [2.05, 4.69) is 5.10 Å². The van der Waals surface area contributed by atoms with Gasteiger partial charge in [-0.3, -0.25) is 9.48 Å². The van der Waals surface area contributed by atoms with E-state index in [1.165, 1.54) is 11.9 Å². The van der Waals surface area contributed by atoms with Crippen molar-refractivity contribution < 1.29 is 18.0 Å². The minimum Gasteiger partial charge on any atom is -0.338 e. The molecule has 1 saturated heterocycles. The van der Waals surface area contributed by atoms with Gasteiger partial charge >= 0.3 is 6.18 Å². The van der Waals surface area contributed by atoms with Crippen molar-refractivity contribution in [2.75, 3.05) is 13.1 Å². The Balaban J connectivity index is 2.29. The number of likely N-dealkylation sites (tertiary alicyclic amines) is 1. The molecule has 2 heterocycles. The van der Waals surface area contributed by atoms with Crippen LogP contribution in [-0.4, -0.2) is 33.7 Å². The summed E-state index contributed by atoms with van der Waals surface area (Å²) in [5, 5.41) is 3.38. The van der Waals surface area contributed by atoms with E-state index >= 15 is 0 Å². The van der Waals surface area contributed by atoms with Crippen LogP contribution in [-0.2, 0) is 13.2 Å². The van der Waals surface area contributed by atoms with Crippen molar-refractivity contribution in [3.05, 3.63) is 17.5 Å². The Morgan fingerprint density at radius 3 is 2.35 bits per heavy atom. The highest BCUT2D eigenvalue weighted by atomic mass is 19.4. The molecule has 2 atom stereocenters. The van der Waals surface area contributed by atoms with Crippen molar-refractivity contribution in [1.29, 1.82) is 0 Å². The molecule has 0 spiro atoms. The van der Waals surface area contributed by atoms with Gasteiger partial charge in [0.1, 0.15) is 0 Å². The number of nitrogens with zero attached hydrogens (tertiary/aromatic N) is 3. The molecule has 2 unspecified atom stereocenters. The Kier molecular flexibility index (Phi) is 3.80. The zero-order valence-electron chi connectivity index (χ0n) is 11.7. The molecular weight excluding hydrogens is 271 g/mol. The number of aromatic nitrogens is 2. The molecule has 4 nitrogen and oxygen atoms in total. The quantitative estimate of drug-likeness (QED) is 0.797. The SMILES string of the molecule is CC1CC(C)CN(C(=O)c2cn(C)nc2C(F)(F)F)C1. The van der Waals surface area contributed by atoms with Gasteiger partial charge in [0.05, 0.1) is 5.56 Å². The molecule has 0 radical (unpaired) electrons. The van der Waals surface area contributed by atoms with Gasteiger partial charge in [-0.1, -0.05) is 13.8 Å². The van der Waals surface area contributed by atoms with E-state index in [-0.39, 0.29) is 5.56 Å². The molecule has 1 aromatic rings. The van der Waals surface area contributed by atoms with Crippen LogP contribution in [0.15, 0.2) is 6.20 Å². The fraction of sp³-hybridized carbons (Fsp3) is 0.692. The fourth-order valence-electron chi connectivity index (χ4n) is 2.85. The second-order valence-electron chi connectivity index (χ2n) is 5.72. The average molecular weight is 289 g/mol. The Bertz CT molecular complexity index is 499. The molecule has 0 aromatic carbocycles. The third kappa shape index (κ3) is 2.96. The molecule has 2 rings (SSSR count). The summed E-state index contributed by atoms with van der Waals surface area (Å²) in [6.45, 7) is 5.00. The van der Waals surface area contributed by atoms with Gasteiger partial charge in [0.25, 0.3) is 5.91 Å². The Morgan fingerprint density at radius 2 is 1.85 bits per heavy atom. The van der Waals surface area contributed by atoms with Crippen LogP contribution in [0.2, 0.25) is 0 Å². The molecule has 7 heteroatoms. The Morgan fingerprint density at radius 1 is 1.30 bits per heavy atom. The number of alkyl halides is 3. The van der Waals surface area contributed by atoms with Crippen LogP contribution in [0.5, 0.6) is 0 Å². The van der Waals surface area contributed by atoms with E-state index < -0.39 is 17.8 Å². The van der Waals surface area contributed by atoms with Gasteiger partial charge in [0.2, 0.25) is 0 Å². The summed E-state index contributed by atoms with van der Waals surface area (Å²) in [7, 11) is 1.38. The van der Waals surface area contributed by atoms with E-state index in [0.717, 1.165) is 17.3 Å². The van der Waals surface area contributed by atoms with E-state index in [0.29, 0.717) is 24.9 Å². The number of rotatable bonds is 1. The number of halogens is 3. The lowest BCUT2D eigenvalue weighted by Gasteiger charge is -2.35. The van der Waals surface area contributed by atoms with Gasteiger partial charge < -0.3 is 4.90 Å². The van der Waals surface area contributed by atoms with Crippen molar-refractivity contribution in [3.8, 4) is 0 Å². The summed E-state index contributed by atoms with van der Waals surface area (Å²) in [6, 6.07) is 0. The minimum atomic E-state index is -4.61. The molecule has 112 valence electrons. The number of amides is 1. The lowest BCUT2D eigenvalue weighted by atomic mass is 9.91. The van der Waals surface area contributed by atoms with Crippen molar-refractivity contribution in [2.45, 2.75) is 26.4 Å². The molecule has 1 aliphatic rings. The molecule has 0 N–H and O–H groups in total. The maximum Gasteiger partial charge on any atom is 0.435 e. The van der Waals surface area contributed by atoms with Crippen molar-refractivity contribution >= 4 is 5.91 Å². The number of aryl methyl sites for hydroxylation is 1. The largest absolute Gasteiger partial charge is 0.435 e. The Hall–Kier alpha value is -1.53. The zero-order valence-corrected chi connectivity index (χ0v) is 11.7. The normalized spacial score (nSPS) is 24.0. The maximum atomic E-state index is 12.9. The van der Waals surface area contributed by atoms with Gasteiger partial charge in [-0.25, -0.2) is 0 Å². The van der Waals surface area contributed by atoms with Gasteiger partial charge in [0.15, 0.2) is 5.69 Å². The second kappa shape index (κ2) is 5.10. The molecule has 0 bridgehead atoms. The molecule has 1 aromatic heterocycles. The van der Waals surface area contributed by atoms with Crippen molar-refractivity contribution in [2.24, 2.45) is 18.9 Å². The van der Waals surface area contributed by atoms with E-state index in [4.69, 9.17) is 0 Å². The van der Waals surface area contributed by atoms with Gasteiger partial charge in [-0.2, -0.15) is 18.3 Å². The molecule has 1 aliphatic heterocycles. The highest BCUT2D eigenvalue weighted by molar-refractivity contribution is 5.95. The topological polar surface area (TPSA) is 38.1 Å². The number of carbonyl (C=O) groups excluding carboxylic acids is 1. The van der Waals surface area contributed by atoms with Crippen LogP contribution in [0.4, 0.5) is 13.2 Å². The Labute approximate surface area is 115 Å². The standard InChI is InChI=1S/C13H18F3N3O/c1-8-4-9(2)6-19(5-8)12(20)10-7-18(3)17-11(10)13(14,15)16/h7-9H,4-6H2,1-3H3. The first-order valence-electron chi connectivity index (χ1n) is 6.58. The number of hydrogen-bond donors (Lipinski definition) is 0. The lowest BCUT2D eigenvalue weighted by molar-refractivity contribution is -0.141. The van der Waals surface area contributed by atoms with Crippen molar-refractivity contribution in [1.82, 2.24) is 14.7 Å².